The van der Waals surface area contributed by atoms with Crippen LogP contribution in [0.5, 0.6) is 0 Å². The van der Waals surface area contributed by atoms with Gasteiger partial charge in [0.15, 0.2) is 16.8 Å². The first kappa shape index (κ1) is 19.4. The Labute approximate surface area is 161 Å². The third kappa shape index (κ3) is 5.09. The van der Waals surface area contributed by atoms with Gasteiger partial charge in [0.25, 0.3) is 0 Å². The number of carbonyl (C=O) groups excluding carboxylic acids is 2. The summed E-state index contributed by atoms with van der Waals surface area (Å²) in [6.07, 6.45) is 3.67. The Morgan fingerprint density at radius 1 is 1.33 bits per heavy atom. The van der Waals surface area contributed by atoms with E-state index in [1.165, 1.54) is 11.8 Å². The normalized spacial score (nSPS) is 15.0. The Kier molecular flexibility index (Phi) is 6.49. The number of thioether (sulfide) groups is 1. The summed E-state index contributed by atoms with van der Waals surface area (Å²) < 4.78 is 6.88. The summed E-state index contributed by atoms with van der Waals surface area (Å²) >= 11 is 1.31. The number of nitrogens with zero attached hydrogens (tertiary/aromatic N) is 5. The highest BCUT2D eigenvalue weighted by Crippen LogP contribution is 2.20. The molecule has 9 nitrogen and oxygen atoms in total. The molecule has 2 aromatic heterocycles. The molecule has 27 heavy (non-hydrogen) atoms. The Balaban J connectivity index is 1.59. The van der Waals surface area contributed by atoms with Gasteiger partial charge in [-0.15, -0.1) is 10.2 Å². The quantitative estimate of drug-likeness (QED) is 0.720. The lowest BCUT2D eigenvalue weighted by Crippen LogP contribution is -2.31. The highest BCUT2D eigenvalue weighted by molar-refractivity contribution is 7.99. The molecule has 0 bridgehead atoms. The summed E-state index contributed by atoms with van der Waals surface area (Å²) in [5.74, 6) is 1.96. The maximum atomic E-state index is 12.2. The molecule has 2 aromatic rings. The number of hydrogen-bond acceptors (Lipinski definition) is 7. The van der Waals surface area contributed by atoms with Crippen LogP contribution in [0.4, 0.5) is 5.82 Å². The average molecular weight is 392 g/mol. The van der Waals surface area contributed by atoms with Crippen LogP contribution in [0.1, 0.15) is 44.2 Å². The van der Waals surface area contributed by atoms with Crippen LogP contribution in [0.15, 0.2) is 15.7 Å². The molecule has 146 valence electrons. The van der Waals surface area contributed by atoms with Gasteiger partial charge in [0.1, 0.15) is 5.76 Å². The van der Waals surface area contributed by atoms with Crippen LogP contribution in [-0.4, -0.2) is 48.9 Å². The number of aromatic nitrogens is 4. The summed E-state index contributed by atoms with van der Waals surface area (Å²) in [6, 6.07) is 1.66. The molecule has 0 spiro atoms. The van der Waals surface area contributed by atoms with Gasteiger partial charge in [-0.25, -0.2) is 0 Å². The highest BCUT2D eigenvalue weighted by atomic mass is 32.2. The van der Waals surface area contributed by atoms with Crippen molar-refractivity contribution in [2.24, 2.45) is 0 Å². The molecule has 0 unspecified atom stereocenters. The van der Waals surface area contributed by atoms with E-state index >= 15 is 0 Å². The summed E-state index contributed by atoms with van der Waals surface area (Å²) in [5.41, 5.74) is 0. The SMILES string of the molecule is CCn1c(CN2CCCCCC2=O)nnc1SCC(=O)Nc1cc(C)on1. The van der Waals surface area contributed by atoms with Gasteiger partial charge in [-0.05, 0) is 26.7 Å². The molecule has 0 aliphatic carbocycles. The van der Waals surface area contributed by atoms with Crippen LogP contribution in [0, 0.1) is 6.92 Å². The van der Waals surface area contributed by atoms with E-state index in [0.29, 0.717) is 36.2 Å². The van der Waals surface area contributed by atoms with Crippen LogP contribution in [0.2, 0.25) is 0 Å². The van der Waals surface area contributed by atoms with Crippen LogP contribution in [-0.2, 0) is 22.7 Å². The maximum Gasteiger partial charge on any atom is 0.236 e. The second-order valence-electron chi connectivity index (χ2n) is 6.43. The number of rotatable bonds is 7. The Morgan fingerprint density at radius 2 is 2.19 bits per heavy atom. The molecule has 1 fully saturated rings. The van der Waals surface area contributed by atoms with Crippen molar-refractivity contribution in [1.29, 1.82) is 0 Å². The number of carbonyl (C=O) groups is 2. The van der Waals surface area contributed by atoms with Crippen molar-refractivity contribution in [3.8, 4) is 0 Å². The summed E-state index contributed by atoms with van der Waals surface area (Å²) in [4.78, 5) is 26.1. The van der Waals surface area contributed by atoms with Gasteiger partial charge in [0.05, 0.1) is 12.3 Å². The monoisotopic (exact) mass is 392 g/mol. The molecule has 3 rings (SSSR count). The molecular formula is C17H24N6O3S. The van der Waals surface area contributed by atoms with Gasteiger partial charge in [-0.3, -0.25) is 9.59 Å². The van der Waals surface area contributed by atoms with Gasteiger partial charge < -0.3 is 19.3 Å². The predicted molar refractivity (Wildman–Crippen MR) is 100 cm³/mol. The molecule has 2 amide bonds. The topological polar surface area (TPSA) is 106 Å². The Bertz CT molecular complexity index is 802. The highest BCUT2D eigenvalue weighted by Gasteiger charge is 2.21. The Hall–Kier alpha value is -2.36. The third-order valence-electron chi connectivity index (χ3n) is 4.34. The van der Waals surface area contributed by atoms with Crippen LogP contribution in [0.3, 0.4) is 0 Å². The van der Waals surface area contributed by atoms with E-state index in [2.05, 4.69) is 20.7 Å². The van der Waals surface area contributed by atoms with Crippen LogP contribution >= 0.6 is 11.8 Å². The van der Waals surface area contributed by atoms with Crippen molar-refractivity contribution in [1.82, 2.24) is 24.8 Å². The predicted octanol–water partition coefficient (Wildman–Crippen LogP) is 2.23. The largest absolute Gasteiger partial charge is 0.360 e. The molecule has 1 aliphatic rings. The zero-order valence-corrected chi connectivity index (χ0v) is 16.4. The smallest absolute Gasteiger partial charge is 0.236 e. The molecule has 1 N–H and O–H groups in total. The first-order chi connectivity index (χ1) is 13.1. The lowest BCUT2D eigenvalue weighted by atomic mass is 10.2. The molecule has 10 heteroatoms. The van der Waals surface area contributed by atoms with Gasteiger partial charge in [0.2, 0.25) is 11.8 Å². The van der Waals surface area contributed by atoms with Gasteiger partial charge in [-0.2, -0.15) is 0 Å². The van der Waals surface area contributed by atoms with Crippen LogP contribution in [0.25, 0.3) is 0 Å². The third-order valence-corrected chi connectivity index (χ3v) is 5.31. The minimum Gasteiger partial charge on any atom is -0.360 e. The molecule has 0 radical (unpaired) electrons. The fraction of sp³-hybridized carbons (Fsp3) is 0.588. The van der Waals surface area contributed by atoms with E-state index in [9.17, 15) is 9.59 Å². The van der Waals surface area contributed by atoms with Crippen molar-refractivity contribution in [3.63, 3.8) is 0 Å². The number of hydrogen-bond donors (Lipinski definition) is 1. The molecule has 0 atom stereocenters. The van der Waals surface area contributed by atoms with E-state index < -0.39 is 0 Å². The summed E-state index contributed by atoms with van der Waals surface area (Å²) in [6.45, 7) is 5.66. The minimum absolute atomic E-state index is 0.176. The number of anilines is 1. The van der Waals surface area contributed by atoms with Gasteiger partial charge >= 0.3 is 0 Å². The zero-order valence-electron chi connectivity index (χ0n) is 15.6. The van der Waals surface area contributed by atoms with Crippen molar-refractivity contribution in [2.45, 2.75) is 57.8 Å². The van der Waals surface area contributed by atoms with E-state index in [4.69, 9.17) is 4.52 Å². The zero-order chi connectivity index (χ0) is 19.2. The lowest BCUT2D eigenvalue weighted by molar-refractivity contribution is -0.131. The maximum absolute atomic E-state index is 12.2. The van der Waals surface area contributed by atoms with E-state index in [1.54, 1.807) is 13.0 Å². The minimum atomic E-state index is -0.191. The first-order valence-corrected chi connectivity index (χ1v) is 10.1. The first-order valence-electron chi connectivity index (χ1n) is 9.12. The standard InChI is InChI=1S/C17H24N6O3S/c1-3-23-14(10-22-8-6-4-5-7-16(22)25)19-20-17(23)27-11-15(24)18-13-9-12(2)26-21-13/h9H,3-8,10-11H2,1-2H3,(H,18,21,24). The lowest BCUT2D eigenvalue weighted by Gasteiger charge is -2.20. The summed E-state index contributed by atoms with van der Waals surface area (Å²) in [7, 11) is 0. The molecule has 1 saturated heterocycles. The van der Waals surface area contributed by atoms with Crippen molar-refractivity contribution < 1.29 is 14.1 Å². The summed E-state index contributed by atoms with van der Waals surface area (Å²) in [5, 5.41) is 15.5. The van der Waals surface area contributed by atoms with Crippen molar-refractivity contribution in [3.05, 3.63) is 17.7 Å². The van der Waals surface area contributed by atoms with Crippen molar-refractivity contribution in [2.75, 3.05) is 17.6 Å². The molecule has 0 saturated carbocycles. The van der Waals surface area contributed by atoms with Gasteiger partial charge in [0, 0.05) is 25.6 Å². The second-order valence-corrected chi connectivity index (χ2v) is 7.37. The number of amides is 2. The fourth-order valence-corrected chi connectivity index (χ4v) is 3.79. The molecule has 3 heterocycles. The van der Waals surface area contributed by atoms with E-state index in [1.807, 2.05) is 16.4 Å². The van der Waals surface area contributed by atoms with Gasteiger partial charge in [-0.1, -0.05) is 23.3 Å². The van der Waals surface area contributed by atoms with E-state index in [0.717, 1.165) is 31.6 Å². The fourth-order valence-electron chi connectivity index (χ4n) is 2.97. The van der Waals surface area contributed by atoms with Crippen molar-refractivity contribution >= 4 is 29.4 Å². The second kappa shape index (κ2) is 9.03. The van der Waals surface area contributed by atoms with Crippen LogP contribution < -0.4 is 5.32 Å². The average Bonchev–Trinajstić information content (AvgIpc) is 3.17. The molecule has 1 aliphatic heterocycles. The number of likely N-dealkylation sites (tertiary alicyclic amines) is 1. The van der Waals surface area contributed by atoms with E-state index in [-0.39, 0.29) is 17.6 Å². The molecular weight excluding hydrogens is 368 g/mol. The number of nitrogens with one attached hydrogen (secondary N) is 1. The Morgan fingerprint density at radius 3 is 2.93 bits per heavy atom. The molecule has 0 aromatic carbocycles. The number of aryl methyl sites for hydroxylation is 1.